The van der Waals surface area contributed by atoms with Gasteiger partial charge in [0.1, 0.15) is 4.58 Å². The van der Waals surface area contributed by atoms with Gasteiger partial charge >= 0.3 is 0 Å². The fourth-order valence-corrected chi connectivity index (χ4v) is 4.27. The molecule has 8 heteroatoms. The standard InChI is InChI=1S/C14H10Cl2N4S2/c15-9-1-5-11(6-2-9)21-14(13-17-19-20-18-13)22-12-7-3-10(16)4-8-12/h1-8,14H,(H,17,18,19,20). The minimum absolute atomic E-state index is 0.0268. The highest BCUT2D eigenvalue weighted by atomic mass is 35.5. The molecule has 0 saturated heterocycles. The maximum absolute atomic E-state index is 5.93. The summed E-state index contributed by atoms with van der Waals surface area (Å²) in [4.78, 5) is 2.17. The third-order valence-corrected chi connectivity index (χ3v) is 5.71. The zero-order valence-electron chi connectivity index (χ0n) is 11.1. The number of nitrogens with one attached hydrogen (secondary N) is 1. The zero-order valence-corrected chi connectivity index (χ0v) is 14.3. The fourth-order valence-electron chi connectivity index (χ4n) is 1.67. The molecule has 0 amide bonds. The molecule has 3 aromatic rings. The van der Waals surface area contributed by atoms with Gasteiger partial charge in [0.15, 0.2) is 5.82 Å². The molecule has 1 N–H and O–H groups in total. The van der Waals surface area contributed by atoms with Gasteiger partial charge in [-0.25, -0.2) is 0 Å². The number of tetrazole rings is 1. The van der Waals surface area contributed by atoms with Gasteiger partial charge in [-0.05, 0) is 48.5 Å². The summed E-state index contributed by atoms with van der Waals surface area (Å²) in [5, 5.41) is 15.8. The van der Waals surface area contributed by atoms with Crippen molar-refractivity contribution in [2.45, 2.75) is 14.4 Å². The average Bonchev–Trinajstić information content (AvgIpc) is 3.05. The van der Waals surface area contributed by atoms with Crippen molar-refractivity contribution in [2.75, 3.05) is 0 Å². The molecule has 0 aliphatic rings. The van der Waals surface area contributed by atoms with Crippen LogP contribution in [0.5, 0.6) is 0 Å². The second-order valence-electron chi connectivity index (χ2n) is 4.25. The van der Waals surface area contributed by atoms with Crippen LogP contribution >= 0.6 is 46.7 Å². The molecule has 112 valence electrons. The van der Waals surface area contributed by atoms with E-state index in [1.807, 2.05) is 48.5 Å². The van der Waals surface area contributed by atoms with Crippen LogP contribution in [-0.2, 0) is 0 Å². The summed E-state index contributed by atoms with van der Waals surface area (Å²) in [6.07, 6.45) is 0. The fraction of sp³-hybridized carbons (Fsp3) is 0.0714. The van der Waals surface area contributed by atoms with Crippen molar-refractivity contribution in [3.8, 4) is 0 Å². The molecule has 0 radical (unpaired) electrons. The number of aromatic nitrogens is 4. The van der Waals surface area contributed by atoms with E-state index in [0.717, 1.165) is 9.79 Å². The highest BCUT2D eigenvalue weighted by molar-refractivity contribution is 8.16. The first kappa shape index (κ1) is 15.7. The zero-order chi connectivity index (χ0) is 15.4. The van der Waals surface area contributed by atoms with E-state index < -0.39 is 0 Å². The Morgan fingerprint density at radius 2 is 1.32 bits per heavy atom. The maximum Gasteiger partial charge on any atom is 0.198 e. The van der Waals surface area contributed by atoms with E-state index in [2.05, 4.69) is 20.6 Å². The van der Waals surface area contributed by atoms with Crippen molar-refractivity contribution in [2.24, 2.45) is 0 Å². The Hall–Kier alpha value is -1.21. The number of rotatable bonds is 5. The monoisotopic (exact) mass is 368 g/mol. The first-order valence-corrected chi connectivity index (χ1v) is 8.80. The number of hydrogen-bond donors (Lipinski definition) is 1. The van der Waals surface area contributed by atoms with Gasteiger partial charge in [0.25, 0.3) is 0 Å². The third-order valence-electron chi connectivity index (χ3n) is 2.69. The third kappa shape index (κ3) is 4.16. The van der Waals surface area contributed by atoms with Crippen LogP contribution in [0.25, 0.3) is 0 Å². The molecule has 2 aromatic carbocycles. The number of benzene rings is 2. The summed E-state index contributed by atoms with van der Waals surface area (Å²) in [5.74, 6) is 0.639. The van der Waals surface area contributed by atoms with E-state index in [9.17, 15) is 0 Å². The molecule has 0 saturated carbocycles. The number of hydrogen-bond acceptors (Lipinski definition) is 5. The van der Waals surface area contributed by atoms with Gasteiger partial charge in [-0.15, -0.1) is 33.7 Å². The Labute approximate surface area is 146 Å². The van der Waals surface area contributed by atoms with E-state index in [1.165, 1.54) is 0 Å². The SMILES string of the molecule is Clc1ccc(SC(Sc2ccc(Cl)cc2)c2nn[nH]n2)cc1. The Morgan fingerprint density at radius 1 is 0.818 bits per heavy atom. The van der Waals surface area contributed by atoms with Crippen molar-refractivity contribution in [3.63, 3.8) is 0 Å². The molecule has 0 atom stereocenters. The molecule has 0 fully saturated rings. The lowest BCUT2D eigenvalue weighted by Gasteiger charge is -2.12. The van der Waals surface area contributed by atoms with Gasteiger partial charge < -0.3 is 0 Å². The van der Waals surface area contributed by atoms with E-state index in [1.54, 1.807) is 23.5 Å². The van der Waals surface area contributed by atoms with Gasteiger partial charge in [-0.1, -0.05) is 28.4 Å². The molecule has 4 nitrogen and oxygen atoms in total. The molecule has 0 spiro atoms. The number of thioether (sulfide) groups is 2. The van der Waals surface area contributed by atoms with Crippen LogP contribution in [0.2, 0.25) is 10.0 Å². The Balaban J connectivity index is 1.81. The van der Waals surface area contributed by atoms with Crippen LogP contribution < -0.4 is 0 Å². The van der Waals surface area contributed by atoms with E-state index in [0.29, 0.717) is 15.9 Å². The summed E-state index contributed by atoms with van der Waals surface area (Å²) in [5.41, 5.74) is 0. The summed E-state index contributed by atoms with van der Waals surface area (Å²) in [7, 11) is 0. The van der Waals surface area contributed by atoms with Crippen molar-refractivity contribution in [1.82, 2.24) is 20.6 Å². The van der Waals surface area contributed by atoms with Crippen LogP contribution in [0.15, 0.2) is 58.3 Å². The number of H-pyrrole nitrogens is 1. The molecule has 3 rings (SSSR count). The maximum atomic E-state index is 5.93. The van der Waals surface area contributed by atoms with E-state index in [-0.39, 0.29) is 4.58 Å². The highest BCUT2D eigenvalue weighted by Crippen LogP contribution is 2.45. The largest absolute Gasteiger partial charge is 0.198 e. The van der Waals surface area contributed by atoms with Crippen molar-refractivity contribution in [3.05, 3.63) is 64.4 Å². The summed E-state index contributed by atoms with van der Waals surface area (Å²) in [6.45, 7) is 0. The minimum Gasteiger partial charge on any atom is -0.177 e. The van der Waals surface area contributed by atoms with Crippen molar-refractivity contribution in [1.29, 1.82) is 0 Å². The smallest absolute Gasteiger partial charge is 0.177 e. The van der Waals surface area contributed by atoms with Crippen LogP contribution in [-0.4, -0.2) is 20.6 Å². The minimum atomic E-state index is -0.0268. The van der Waals surface area contributed by atoms with Gasteiger partial charge in [0.2, 0.25) is 0 Å². The highest BCUT2D eigenvalue weighted by Gasteiger charge is 2.19. The number of nitrogens with zero attached hydrogens (tertiary/aromatic N) is 3. The summed E-state index contributed by atoms with van der Waals surface area (Å²) in [6, 6.07) is 15.4. The van der Waals surface area contributed by atoms with Gasteiger partial charge in [0.05, 0.1) is 0 Å². The lowest BCUT2D eigenvalue weighted by molar-refractivity contribution is 0.881. The first-order chi connectivity index (χ1) is 10.7. The lowest BCUT2D eigenvalue weighted by atomic mass is 10.4. The topological polar surface area (TPSA) is 54.5 Å². The number of halogens is 2. The van der Waals surface area contributed by atoms with Gasteiger partial charge in [0, 0.05) is 19.8 Å². The van der Waals surface area contributed by atoms with E-state index in [4.69, 9.17) is 23.2 Å². The predicted octanol–water partition coefficient (Wildman–Crippen LogP) is 5.09. The van der Waals surface area contributed by atoms with Gasteiger partial charge in [-0.2, -0.15) is 5.21 Å². The normalized spacial score (nSPS) is 11.0. The molecule has 1 heterocycles. The lowest BCUT2D eigenvalue weighted by Crippen LogP contribution is -1.93. The van der Waals surface area contributed by atoms with Crippen LogP contribution in [0.4, 0.5) is 0 Å². The molecular weight excluding hydrogens is 359 g/mol. The van der Waals surface area contributed by atoms with Crippen LogP contribution in [0.1, 0.15) is 10.4 Å². The molecule has 0 unspecified atom stereocenters. The Bertz CT molecular complexity index is 670. The summed E-state index contributed by atoms with van der Waals surface area (Å²) < 4.78 is -0.0268. The average molecular weight is 369 g/mol. The summed E-state index contributed by atoms with van der Waals surface area (Å²) >= 11 is 15.1. The predicted molar refractivity (Wildman–Crippen MR) is 91.5 cm³/mol. The number of aromatic amines is 1. The Morgan fingerprint density at radius 3 is 1.73 bits per heavy atom. The van der Waals surface area contributed by atoms with Crippen LogP contribution in [0, 0.1) is 0 Å². The molecular formula is C14H10Cl2N4S2. The molecule has 1 aromatic heterocycles. The molecule has 0 aliphatic carbocycles. The van der Waals surface area contributed by atoms with E-state index >= 15 is 0 Å². The van der Waals surface area contributed by atoms with Crippen molar-refractivity contribution >= 4 is 46.7 Å². The van der Waals surface area contributed by atoms with Gasteiger partial charge in [-0.3, -0.25) is 0 Å². The van der Waals surface area contributed by atoms with Crippen LogP contribution in [0.3, 0.4) is 0 Å². The molecule has 22 heavy (non-hydrogen) atoms. The second kappa shape index (κ2) is 7.37. The second-order valence-corrected chi connectivity index (χ2v) is 7.77. The Kier molecular flexibility index (Phi) is 5.25. The quantitative estimate of drug-likeness (QED) is 0.502. The molecule has 0 aliphatic heterocycles. The first-order valence-electron chi connectivity index (χ1n) is 6.28. The van der Waals surface area contributed by atoms with Crippen molar-refractivity contribution < 1.29 is 0 Å². The molecule has 0 bridgehead atoms.